The van der Waals surface area contributed by atoms with Crippen LogP contribution in [0.1, 0.15) is 44.3 Å². The Labute approximate surface area is 141 Å². The van der Waals surface area contributed by atoms with Gasteiger partial charge < -0.3 is 5.32 Å². The van der Waals surface area contributed by atoms with E-state index in [0.29, 0.717) is 0 Å². The molecule has 0 aliphatic heterocycles. The molecule has 1 aromatic carbocycles. The van der Waals surface area contributed by atoms with E-state index >= 15 is 0 Å². The van der Waals surface area contributed by atoms with E-state index in [0.717, 1.165) is 18.4 Å². The molecular weight excluding hydrogens is 307 g/mol. The molecule has 1 fully saturated rings. The van der Waals surface area contributed by atoms with Crippen LogP contribution in [0.15, 0.2) is 42.7 Å². The molecule has 1 heterocycles. The summed E-state index contributed by atoms with van der Waals surface area (Å²) >= 11 is 0. The minimum absolute atomic E-state index is 0.00454. The number of aromatic nitrogens is 2. The molecule has 0 unspecified atom stereocenters. The van der Waals surface area contributed by atoms with Crippen molar-refractivity contribution in [3.63, 3.8) is 0 Å². The van der Waals surface area contributed by atoms with Crippen molar-refractivity contribution in [2.45, 2.75) is 50.9 Å². The lowest BCUT2D eigenvalue weighted by Gasteiger charge is -2.27. The van der Waals surface area contributed by atoms with Crippen LogP contribution in [0, 0.1) is 5.82 Å². The van der Waals surface area contributed by atoms with Crippen LogP contribution in [0.5, 0.6) is 0 Å². The highest BCUT2D eigenvalue weighted by Crippen LogP contribution is 2.23. The Morgan fingerprint density at radius 3 is 2.58 bits per heavy atom. The molecule has 2 aromatic rings. The summed E-state index contributed by atoms with van der Waals surface area (Å²) in [4.78, 5) is 12.6. The SMILES string of the molecule is C[C@H](N[C@H](C(=O)NC1CC1)c1ccc(F)cc1)[C@@H](C)n1cccn1. The molecule has 0 saturated heterocycles. The summed E-state index contributed by atoms with van der Waals surface area (Å²) in [7, 11) is 0. The molecule has 1 aliphatic carbocycles. The van der Waals surface area contributed by atoms with Crippen LogP contribution >= 0.6 is 0 Å². The minimum atomic E-state index is -0.515. The fourth-order valence-corrected chi connectivity index (χ4v) is 2.64. The largest absolute Gasteiger partial charge is 0.352 e. The van der Waals surface area contributed by atoms with E-state index in [1.807, 2.05) is 30.8 Å². The molecule has 5 nitrogen and oxygen atoms in total. The van der Waals surface area contributed by atoms with E-state index in [2.05, 4.69) is 15.7 Å². The molecule has 3 rings (SSSR count). The third-order valence-electron chi connectivity index (χ3n) is 4.48. The second kappa shape index (κ2) is 7.13. The lowest BCUT2D eigenvalue weighted by atomic mass is 10.0. The lowest BCUT2D eigenvalue weighted by molar-refractivity contribution is -0.123. The number of rotatable bonds is 7. The van der Waals surface area contributed by atoms with Crippen LogP contribution < -0.4 is 10.6 Å². The van der Waals surface area contributed by atoms with Gasteiger partial charge in [-0.05, 0) is 50.5 Å². The number of hydrogen-bond acceptors (Lipinski definition) is 3. The highest BCUT2D eigenvalue weighted by Gasteiger charge is 2.30. The molecule has 0 radical (unpaired) electrons. The fourth-order valence-electron chi connectivity index (χ4n) is 2.64. The Balaban J connectivity index is 1.75. The van der Waals surface area contributed by atoms with Gasteiger partial charge in [-0.25, -0.2) is 4.39 Å². The van der Waals surface area contributed by atoms with Crippen molar-refractivity contribution in [2.75, 3.05) is 0 Å². The monoisotopic (exact) mass is 330 g/mol. The predicted octanol–water partition coefficient (Wildman–Crippen LogP) is 2.58. The molecule has 1 aliphatic rings. The number of hydrogen-bond donors (Lipinski definition) is 2. The van der Waals surface area contributed by atoms with Gasteiger partial charge in [-0.2, -0.15) is 5.10 Å². The maximum absolute atomic E-state index is 13.2. The number of carbonyl (C=O) groups is 1. The molecule has 0 bridgehead atoms. The van der Waals surface area contributed by atoms with Crippen LogP contribution in [-0.4, -0.2) is 27.8 Å². The number of benzene rings is 1. The molecule has 24 heavy (non-hydrogen) atoms. The van der Waals surface area contributed by atoms with Crippen molar-refractivity contribution < 1.29 is 9.18 Å². The van der Waals surface area contributed by atoms with Gasteiger partial charge in [0.25, 0.3) is 0 Å². The van der Waals surface area contributed by atoms with E-state index in [1.54, 1.807) is 18.3 Å². The van der Waals surface area contributed by atoms with E-state index in [9.17, 15) is 9.18 Å². The average molecular weight is 330 g/mol. The Bertz CT molecular complexity index is 667. The topological polar surface area (TPSA) is 59.0 Å². The van der Waals surface area contributed by atoms with Gasteiger partial charge in [0.15, 0.2) is 0 Å². The van der Waals surface area contributed by atoms with Crippen LogP contribution in [-0.2, 0) is 4.79 Å². The number of nitrogens with one attached hydrogen (secondary N) is 2. The summed E-state index contributed by atoms with van der Waals surface area (Å²) in [6.45, 7) is 4.07. The highest BCUT2D eigenvalue weighted by molar-refractivity contribution is 5.83. The Hall–Kier alpha value is -2.21. The quantitative estimate of drug-likeness (QED) is 0.820. The minimum Gasteiger partial charge on any atom is -0.352 e. The molecular formula is C18H23FN4O. The first kappa shape index (κ1) is 16.6. The van der Waals surface area contributed by atoms with E-state index in [4.69, 9.17) is 0 Å². The number of carbonyl (C=O) groups excluding carboxylic acids is 1. The summed E-state index contributed by atoms with van der Waals surface area (Å²) < 4.78 is 15.1. The van der Waals surface area contributed by atoms with Crippen molar-refractivity contribution in [3.05, 3.63) is 54.1 Å². The Morgan fingerprint density at radius 2 is 2.00 bits per heavy atom. The molecule has 1 aromatic heterocycles. The van der Waals surface area contributed by atoms with Gasteiger partial charge in [0.05, 0.1) is 6.04 Å². The molecule has 128 valence electrons. The smallest absolute Gasteiger partial charge is 0.241 e. The molecule has 3 atom stereocenters. The summed E-state index contributed by atoms with van der Waals surface area (Å²) in [5.41, 5.74) is 0.758. The van der Waals surface area contributed by atoms with Crippen LogP contribution in [0.3, 0.4) is 0 Å². The van der Waals surface area contributed by atoms with Gasteiger partial charge in [0.1, 0.15) is 11.9 Å². The van der Waals surface area contributed by atoms with E-state index in [1.165, 1.54) is 12.1 Å². The highest BCUT2D eigenvalue weighted by atomic mass is 19.1. The second-order valence-corrected chi connectivity index (χ2v) is 6.45. The molecule has 2 N–H and O–H groups in total. The Morgan fingerprint density at radius 1 is 1.29 bits per heavy atom. The Kier molecular flexibility index (Phi) is 4.94. The average Bonchev–Trinajstić information content (AvgIpc) is 3.22. The van der Waals surface area contributed by atoms with Gasteiger partial charge in [0.2, 0.25) is 5.91 Å². The van der Waals surface area contributed by atoms with Gasteiger partial charge in [-0.3, -0.25) is 14.8 Å². The molecule has 1 amide bonds. The van der Waals surface area contributed by atoms with Crippen molar-refractivity contribution in [1.82, 2.24) is 20.4 Å². The van der Waals surface area contributed by atoms with Crippen molar-refractivity contribution in [2.24, 2.45) is 0 Å². The van der Waals surface area contributed by atoms with E-state index < -0.39 is 6.04 Å². The van der Waals surface area contributed by atoms with Crippen LogP contribution in [0.4, 0.5) is 4.39 Å². The summed E-state index contributed by atoms with van der Waals surface area (Å²) in [6.07, 6.45) is 5.70. The van der Waals surface area contributed by atoms with Crippen molar-refractivity contribution in [3.8, 4) is 0 Å². The fraction of sp³-hybridized carbons (Fsp3) is 0.444. The lowest BCUT2D eigenvalue weighted by Crippen LogP contribution is -2.44. The third-order valence-corrected chi connectivity index (χ3v) is 4.48. The van der Waals surface area contributed by atoms with Crippen molar-refractivity contribution >= 4 is 5.91 Å². The van der Waals surface area contributed by atoms with Gasteiger partial charge >= 0.3 is 0 Å². The maximum atomic E-state index is 13.2. The first-order valence-electron chi connectivity index (χ1n) is 8.35. The molecule has 1 saturated carbocycles. The number of halogens is 1. The molecule has 0 spiro atoms. The first-order valence-corrected chi connectivity index (χ1v) is 8.35. The van der Waals surface area contributed by atoms with Crippen LogP contribution in [0.25, 0.3) is 0 Å². The summed E-state index contributed by atoms with van der Waals surface area (Å²) in [6, 6.07) is 7.81. The van der Waals surface area contributed by atoms with E-state index in [-0.39, 0.29) is 29.8 Å². The number of amides is 1. The maximum Gasteiger partial charge on any atom is 0.241 e. The zero-order chi connectivity index (χ0) is 17.1. The zero-order valence-electron chi connectivity index (χ0n) is 13.9. The van der Waals surface area contributed by atoms with Gasteiger partial charge in [-0.15, -0.1) is 0 Å². The standard InChI is InChI=1S/C18H23FN4O/c1-12(13(2)23-11-3-10-20-23)21-17(18(24)22-16-8-9-16)14-4-6-15(19)7-5-14/h3-7,10-13,16-17,21H,8-9H2,1-2H3,(H,22,24)/t12-,13+,17-/m0/s1. The first-order chi connectivity index (χ1) is 11.5. The summed E-state index contributed by atoms with van der Waals surface area (Å²) in [5.74, 6) is -0.373. The predicted molar refractivity (Wildman–Crippen MR) is 89.8 cm³/mol. The third kappa shape index (κ3) is 4.00. The normalized spacial score (nSPS) is 18.0. The van der Waals surface area contributed by atoms with Gasteiger partial charge in [0, 0.05) is 24.5 Å². The van der Waals surface area contributed by atoms with Crippen molar-refractivity contribution in [1.29, 1.82) is 0 Å². The van der Waals surface area contributed by atoms with Crippen LogP contribution in [0.2, 0.25) is 0 Å². The zero-order valence-corrected chi connectivity index (χ0v) is 13.9. The molecule has 6 heteroatoms. The second-order valence-electron chi connectivity index (χ2n) is 6.45. The number of nitrogens with zero attached hydrogens (tertiary/aromatic N) is 2. The summed E-state index contributed by atoms with van der Waals surface area (Å²) in [5, 5.41) is 10.7. The van der Waals surface area contributed by atoms with Gasteiger partial charge in [-0.1, -0.05) is 12.1 Å².